The molecule has 4 unspecified atom stereocenters. The molecule has 0 heterocycles. The molecule has 0 aromatic rings. The molecule has 1 fully saturated rings. The number of hydrogen-bond acceptors (Lipinski definition) is 2. The van der Waals surface area contributed by atoms with E-state index in [0.717, 1.165) is 6.42 Å². The van der Waals surface area contributed by atoms with Crippen LogP contribution in [0.5, 0.6) is 0 Å². The van der Waals surface area contributed by atoms with E-state index in [9.17, 15) is 9.59 Å². The molecule has 4 atom stereocenters. The predicted molar refractivity (Wildman–Crippen MR) is 45.0 cm³/mol. The Labute approximate surface area is 76.0 Å². The lowest BCUT2D eigenvalue weighted by atomic mass is 9.82. The number of carbonyl (C=O) groups excluding carboxylic acids is 2. The fourth-order valence-corrected chi connectivity index (χ4v) is 2.57. The number of nitrogens with two attached hydrogens (primary N) is 1. The highest BCUT2D eigenvalue weighted by atomic mass is 16.2. The van der Waals surface area contributed by atoms with Crippen molar-refractivity contribution in [1.29, 1.82) is 0 Å². The van der Waals surface area contributed by atoms with Crippen molar-refractivity contribution in [3.05, 3.63) is 12.2 Å². The third-order valence-electron chi connectivity index (χ3n) is 3.09. The highest BCUT2D eigenvalue weighted by Crippen LogP contribution is 2.47. The van der Waals surface area contributed by atoms with Crippen molar-refractivity contribution in [3.63, 3.8) is 0 Å². The second-order valence-corrected chi connectivity index (χ2v) is 3.77. The summed E-state index contributed by atoms with van der Waals surface area (Å²) in [5.41, 5.74) is 12.3. The van der Waals surface area contributed by atoms with Gasteiger partial charge in [0.05, 0.1) is 11.8 Å². The molecule has 2 aliphatic carbocycles. The number of fused-ring (bicyclic) bond motifs is 2. The molecule has 2 amide bonds. The smallest absolute Gasteiger partial charge is 0.242 e. The summed E-state index contributed by atoms with van der Waals surface area (Å²) in [5.74, 6) is -1.83. The highest BCUT2D eigenvalue weighted by Gasteiger charge is 2.50. The van der Waals surface area contributed by atoms with Gasteiger partial charge in [-0.15, -0.1) is 0 Å². The molecule has 3 N–H and O–H groups in total. The number of amides is 2. The zero-order chi connectivity index (χ0) is 9.59. The Morgan fingerprint density at radius 3 is 2.15 bits per heavy atom. The van der Waals surface area contributed by atoms with Crippen molar-refractivity contribution in [2.75, 3.05) is 0 Å². The molecule has 13 heavy (non-hydrogen) atoms. The van der Waals surface area contributed by atoms with E-state index < -0.39 is 23.7 Å². The van der Waals surface area contributed by atoms with Crippen LogP contribution in [0.4, 0.5) is 0 Å². The Bertz CT molecular complexity index is 270. The van der Waals surface area contributed by atoms with Gasteiger partial charge in [0.25, 0.3) is 0 Å². The quantitative estimate of drug-likeness (QED) is 0.591. The lowest BCUT2D eigenvalue weighted by molar-refractivity contribution is -0.132. The van der Waals surface area contributed by atoms with Crippen molar-refractivity contribution < 1.29 is 9.59 Å². The van der Waals surface area contributed by atoms with Gasteiger partial charge in [-0.05, 0) is 18.3 Å². The van der Waals surface area contributed by atoms with Crippen LogP contribution in [0.3, 0.4) is 0 Å². The topological polar surface area (TPSA) is 84.0 Å². The first-order valence-electron chi connectivity index (χ1n) is 4.34. The minimum Gasteiger partial charge on any atom is -0.369 e. The standard InChI is InChI=1S/C9H11N2O2/c10-8(12)6-4-1-2-5(3-4)7(6)9(11)13/h1-2,4-7,10H,3H2,(H2,11,13). The van der Waals surface area contributed by atoms with Crippen LogP contribution in [0.1, 0.15) is 6.42 Å². The Morgan fingerprint density at radius 1 is 1.23 bits per heavy atom. The van der Waals surface area contributed by atoms with Crippen LogP contribution in [0.15, 0.2) is 12.2 Å². The van der Waals surface area contributed by atoms with Crippen LogP contribution >= 0.6 is 0 Å². The van der Waals surface area contributed by atoms with Gasteiger partial charge >= 0.3 is 0 Å². The van der Waals surface area contributed by atoms with E-state index in [1.807, 2.05) is 12.2 Å². The predicted octanol–water partition coefficient (Wildman–Crippen LogP) is -0.280. The van der Waals surface area contributed by atoms with Gasteiger partial charge in [0.15, 0.2) is 0 Å². The number of primary amides is 1. The van der Waals surface area contributed by atoms with Crippen LogP contribution in [0.25, 0.3) is 0 Å². The zero-order valence-corrected chi connectivity index (χ0v) is 7.07. The van der Waals surface area contributed by atoms with Gasteiger partial charge in [0.1, 0.15) is 0 Å². The first-order chi connectivity index (χ1) is 6.11. The molecule has 0 aromatic heterocycles. The Hall–Kier alpha value is -1.32. The lowest BCUT2D eigenvalue weighted by Gasteiger charge is -2.21. The normalized spacial score (nSPS) is 40.9. The van der Waals surface area contributed by atoms with Crippen molar-refractivity contribution in [3.8, 4) is 0 Å². The average molecular weight is 179 g/mol. The van der Waals surface area contributed by atoms with Crippen LogP contribution in [0, 0.1) is 23.7 Å². The summed E-state index contributed by atoms with van der Waals surface area (Å²) >= 11 is 0. The molecule has 4 nitrogen and oxygen atoms in total. The zero-order valence-electron chi connectivity index (χ0n) is 7.07. The van der Waals surface area contributed by atoms with E-state index in [2.05, 4.69) is 0 Å². The number of carbonyl (C=O) groups is 2. The van der Waals surface area contributed by atoms with Gasteiger partial charge in [-0.3, -0.25) is 15.3 Å². The molecular weight excluding hydrogens is 168 g/mol. The minimum atomic E-state index is -0.652. The van der Waals surface area contributed by atoms with Gasteiger partial charge in [-0.2, -0.15) is 0 Å². The molecule has 0 spiro atoms. The van der Waals surface area contributed by atoms with Crippen molar-refractivity contribution in [1.82, 2.24) is 5.73 Å². The molecule has 69 valence electrons. The summed E-state index contributed by atoms with van der Waals surface area (Å²) in [5, 5.41) is 0. The maximum atomic E-state index is 11.1. The summed E-state index contributed by atoms with van der Waals surface area (Å²) in [6.45, 7) is 0. The second-order valence-electron chi connectivity index (χ2n) is 3.77. The van der Waals surface area contributed by atoms with Gasteiger partial charge in [-0.1, -0.05) is 12.2 Å². The second kappa shape index (κ2) is 2.58. The van der Waals surface area contributed by atoms with Crippen molar-refractivity contribution in [2.45, 2.75) is 6.42 Å². The summed E-state index contributed by atoms with van der Waals surface area (Å²) < 4.78 is 0. The Morgan fingerprint density at radius 2 is 1.77 bits per heavy atom. The maximum Gasteiger partial charge on any atom is 0.242 e. The monoisotopic (exact) mass is 179 g/mol. The highest BCUT2D eigenvalue weighted by molar-refractivity contribution is 5.87. The third kappa shape index (κ3) is 1.05. The van der Waals surface area contributed by atoms with E-state index in [1.165, 1.54) is 0 Å². The Balaban J connectivity index is 2.30. The van der Waals surface area contributed by atoms with Crippen LogP contribution in [-0.4, -0.2) is 11.8 Å². The Kier molecular flexibility index (Phi) is 1.65. The molecule has 2 aliphatic rings. The first-order valence-corrected chi connectivity index (χ1v) is 4.34. The number of allylic oxidation sites excluding steroid dienone is 2. The fraction of sp³-hybridized carbons (Fsp3) is 0.556. The number of nitrogens with one attached hydrogen (secondary N) is 1. The summed E-state index contributed by atoms with van der Waals surface area (Å²) in [6, 6.07) is 0. The van der Waals surface area contributed by atoms with Gasteiger partial charge in [0, 0.05) is 0 Å². The summed E-state index contributed by atoms with van der Waals surface area (Å²) in [4.78, 5) is 22.0. The summed E-state index contributed by atoms with van der Waals surface area (Å²) in [6.07, 6.45) is 4.68. The van der Waals surface area contributed by atoms with E-state index >= 15 is 0 Å². The first kappa shape index (κ1) is 8.29. The molecule has 0 aromatic carbocycles. The van der Waals surface area contributed by atoms with Crippen molar-refractivity contribution >= 4 is 11.8 Å². The van der Waals surface area contributed by atoms with E-state index in [1.54, 1.807) is 0 Å². The molecule has 0 aliphatic heterocycles. The molecule has 2 bridgehead atoms. The number of hydrogen-bond donors (Lipinski definition) is 1. The fourth-order valence-electron chi connectivity index (χ4n) is 2.57. The van der Waals surface area contributed by atoms with Gasteiger partial charge < -0.3 is 5.73 Å². The van der Waals surface area contributed by atoms with Crippen LogP contribution in [-0.2, 0) is 9.59 Å². The molecule has 1 radical (unpaired) electrons. The van der Waals surface area contributed by atoms with E-state index in [4.69, 9.17) is 11.5 Å². The lowest BCUT2D eigenvalue weighted by Crippen LogP contribution is -2.37. The van der Waals surface area contributed by atoms with E-state index in [0.29, 0.717) is 0 Å². The maximum absolute atomic E-state index is 11.1. The van der Waals surface area contributed by atoms with Gasteiger partial charge in [0.2, 0.25) is 11.8 Å². The molecule has 2 rings (SSSR count). The molecular formula is C9H11N2O2. The van der Waals surface area contributed by atoms with Crippen molar-refractivity contribution in [2.24, 2.45) is 29.4 Å². The van der Waals surface area contributed by atoms with Crippen LogP contribution < -0.4 is 11.5 Å². The van der Waals surface area contributed by atoms with E-state index in [-0.39, 0.29) is 11.8 Å². The minimum absolute atomic E-state index is 0.0764. The van der Waals surface area contributed by atoms with Crippen LogP contribution in [0.2, 0.25) is 0 Å². The largest absolute Gasteiger partial charge is 0.369 e. The number of rotatable bonds is 2. The summed E-state index contributed by atoms with van der Waals surface area (Å²) in [7, 11) is 0. The average Bonchev–Trinajstić information content (AvgIpc) is 2.60. The molecule has 1 saturated carbocycles. The molecule has 0 saturated heterocycles. The van der Waals surface area contributed by atoms with Gasteiger partial charge in [-0.25, -0.2) is 0 Å². The SMILES string of the molecule is [NH]C(=O)C1C2C=CC(C2)C1C(N)=O. The third-order valence-corrected chi connectivity index (χ3v) is 3.09. The molecule has 4 heteroatoms.